The lowest BCUT2D eigenvalue weighted by atomic mass is 10.0. The Bertz CT molecular complexity index is 933. The van der Waals surface area contributed by atoms with Crippen LogP contribution in [0.2, 0.25) is 0 Å². The van der Waals surface area contributed by atoms with E-state index in [2.05, 4.69) is 0 Å². The molecule has 1 N–H and O–H groups in total. The molecule has 0 aliphatic carbocycles. The van der Waals surface area contributed by atoms with Gasteiger partial charge < -0.3 is 14.4 Å². The summed E-state index contributed by atoms with van der Waals surface area (Å²) in [5.41, 5.74) is 0.711. The molecule has 1 atom stereocenters. The number of rotatable bonds is 5. The van der Waals surface area contributed by atoms with E-state index in [9.17, 15) is 20.0 Å². The first-order chi connectivity index (χ1) is 12.0. The second-order valence-electron chi connectivity index (χ2n) is 5.60. The summed E-state index contributed by atoms with van der Waals surface area (Å²) in [6.45, 7) is 0. The molecule has 0 spiro atoms. The fraction of sp³-hybridized carbons (Fsp3) is 0.167. The number of benzene rings is 2. The first kappa shape index (κ1) is 16.5. The topological polar surface area (TPSA) is 94.6 Å². The molecule has 1 aromatic heterocycles. The lowest BCUT2D eigenvalue weighted by Crippen LogP contribution is -2.15. The van der Waals surface area contributed by atoms with Gasteiger partial charge in [0.05, 0.1) is 29.9 Å². The van der Waals surface area contributed by atoms with Gasteiger partial charge in [-0.3, -0.25) is 14.9 Å². The average molecular weight is 340 g/mol. The zero-order chi connectivity index (χ0) is 18.0. The first-order valence-electron chi connectivity index (χ1n) is 7.61. The molecular formula is C18H16N2O5. The molecule has 0 amide bonds. The molecule has 0 saturated heterocycles. The van der Waals surface area contributed by atoms with Crippen LogP contribution in [-0.4, -0.2) is 27.7 Å². The molecule has 25 heavy (non-hydrogen) atoms. The second kappa shape index (κ2) is 6.64. The molecule has 0 radical (unpaired) electrons. The van der Waals surface area contributed by atoms with E-state index in [1.165, 1.54) is 19.2 Å². The molecule has 2 aromatic carbocycles. The van der Waals surface area contributed by atoms with Crippen molar-refractivity contribution in [3.05, 3.63) is 70.4 Å². The van der Waals surface area contributed by atoms with Gasteiger partial charge in [-0.15, -0.1) is 0 Å². The number of carbonyl (C=O) groups is 1. The van der Waals surface area contributed by atoms with Crippen LogP contribution in [-0.2, 0) is 9.53 Å². The van der Waals surface area contributed by atoms with Crippen LogP contribution in [0.1, 0.15) is 18.0 Å². The van der Waals surface area contributed by atoms with Crippen LogP contribution in [0.15, 0.2) is 54.7 Å². The Morgan fingerprint density at radius 2 is 2.00 bits per heavy atom. The monoisotopic (exact) mass is 340 g/mol. The van der Waals surface area contributed by atoms with Crippen LogP contribution in [0.3, 0.4) is 0 Å². The van der Waals surface area contributed by atoms with Crippen molar-refractivity contribution in [3.63, 3.8) is 0 Å². The molecule has 128 valence electrons. The van der Waals surface area contributed by atoms with Crippen molar-refractivity contribution in [2.75, 3.05) is 7.11 Å². The third-order valence-electron chi connectivity index (χ3n) is 4.12. The molecule has 0 saturated carbocycles. The summed E-state index contributed by atoms with van der Waals surface area (Å²) in [5, 5.41) is 22.6. The molecule has 1 unspecified atom stereocenters. The minimum absolute atomic E-state index is 0.0250. The van der Waals surface area contributed by atoms with E-state index < -0.39 is 16.9 Å². The number of nitro benzene ring substituents is 1. The summed E-state index contributed by atoms with van der Waals surface area (Å²) in [6.07, 6.45) is 1.70. The van der Waals surface area contributed by atoms with Crippen LogP contribution in [0.4, 0.5) is 5.69 Å². The van der Waals surface area contributed by atoms with Gasteiger partial charge in [-0.2, -0.15) is 0 Å². The van der Waals surface area contributed by atoms with E-state index in [1.807, 2.05) is 30.3 Å². The van der Waals surface area contributed by atoms with Crippen molar-refractivity contribution in [2.45, 2.75) is 12.5 Å². The number of ether oxygens (including phenoxy) is 1. The zero-order valence-corrected chi connectivity index (χ0v) is 13.5. The molecule has 0 bridgehead atoms. The Labute approximate surface area is 143 Å². The van der Waals surface area contributed by atoms with Gasteiger partial charge in [0.2, 0.25) is 0 Å². The van der Waals surface area contributed by atoms with E-state index >= 15 is 0 Å². The second-order valence-corrected chi connectivity index (χ2v) is 5.60. The number of esters is 1. The van der Waals surface area contributed by atoms with E-state index in [0.717, 1.165) is 5.56 Å². The van der Waals surface area contributed by atoms with Gasteiger partial charge in [0.15, 0.2) is 5.88 Å². The summed E-state index contributed by atoms with van der Waals surface area (Å²) in [6, 6.07) is 13.0. The number of aromatic hydroxyl groups is 1. The Morgan fingerprint density at radius 3 is 2.64 bits per heavy atom. The Morgan fingerprint density at radius 1 is 1.28 bits per heavy atom. The fourth-order valence-electron chi connectivity index (χ4n) is 2.84. The lowest BCUT2D eigenvalue weighted by Gasteiger charge is -2.19. The predicted molar refractivity (Wildman–Crippen MR) is 91.5 cm³/mol. The minimum Gasteiger partial charge on any atom is -0.494 e. The van der Waals surface area contributed by atoms with Gasteiger partial charge in [-0.25, -0.2) is 0 Å². The predicted octanol–water partition coefficient (Wildman–Crippen LogP) is 3.41. The van der Waals surface area contributed by atoms with Crippen LogP contribution in [0.25, 0.3) is 10.8 Å². The summed E-state index contributed by atoms with van der Waals surface area (Å²) >= 11 is 0. The summed E-state index contributed by atoms with van der Waals surface area (Å²) in [7, 11) is 1.31. The summed E-state index contributed by atoms with van der Waals surface area (Å²) < 4.78 is 6.31. The highest BCUT2D eigenvalue weighted by atomic mass is 16.6. The van der Waals surface area contributed by atoms with Crippen molar-refractivity contribution in [2.24, 2.45) is 0 Å². The fourth-order valence-corrected chi connectivity index (χ4v) is 2.84. The minimum atomic E-state index is -0.515. The molecule has 7 heteroatoms. The highest BCUT2D eigenvalue weighted by Gasteiger charge is 2.23. The number of hydrogen-bond acceptors (Lipinski definition) is 5. The van der Waals surface area contributed by atoms with Gasteiger partial charge in [0.25, 0.3) is 5.69 Å². The number of aromatic nitrogens is 1. The third-order valence-corrected chi connectivity index (χ3v) is 4.12. The largest absolute Gasteiger partial charge is 0.494 e. The van der Waals surface area contributed by atoms with Gasteiger partial charge in [-0.1, -0.05) is 30.3 Å². The van der Waals surface area contributed by atoms with Crippen LogP contribution >= 0.6 is 0 Å². The van der Waals surface area contributed by atoms with Gasteiger partial charge >= 0.3 is 5.97 Å². The van der Waals surface area contributed by atoms with E-state index in [4.69, 9.17) is 4.74 Å². The average Bonchev–Trinajstić information content (AvgIpc) is 2.96. The quantitative estimate of drug-likeness (QED) is 0.436. The molecule has 7 nitrogen and oxygen atoms in total. The molecule has 0 fully saturated rings. The molecule has 1 heterocycles. The van der Waals surface area contributed by atoms with Crippen LogP contribution in [0, 0.1) is 10.1 Å². The number of nitrogens with zero attached hydrogens (tertiary/aromatic N) is 2. The van der Waals surface area contributed by atoms with E-state index in [1.54, 1.807) is 16.8 Å². The van der Waals surface area contributed by atoms with Crippen LogP contribution in [0.5, 0.6) is 5.88 Å². The number of fused-ring (bicyclic) bond motifs is 1. The zero-order valence-electron chi connectivity index (χ0n) is 13.5. The van der Waals surface area contributed by atoms with E-state index in [-0.39, 0.29) is 18.0 Å². The molecule has 3 aromatic rings. The van der Waals surface area contributed by atoms with Crippen molar-refractivity contribution >= 4 is 22.4 Å². The highest BCUT2D eigenvalue weighted by molar-refractivity contribution is 5.90. The highest BCUT2D eigenvalue weighted by Crippen LogP contribution is 2.36. The number of hydrogen-bond donors (Lipinski definition) is 1. The number of methoxy groups -OCH3 is 1. The number of carbonyl (C=O) groups excluding carboxylic acids is 1. The normalized spacial score (nSPS) is 12.0. The number of non-ortho nitro benzene ring substituents is 1. The maximum absolute atomic E-state index is 11.8. The van der Waals surface area contributed by atoms with Crippen molar-refractivity contribution in [1.29, 1.82) is 0 Å². The van der Waals surface area contributed by atoms with Gasteiger partial charge in [0.1, 0.15) is 0 Å². The van der Waals surface area contributed by atoms with Gasteiger partial charge in [0, 0.05) is 23.7 Å². The lowest BCUT2D eigenvalue weighted by molar-refractivity contribution is -0.384. The van der Waals surface area contributed by atoms with Gasteiger partial charge in [-0.05, 0) is 11.6 Å². The Hall–Kier alpha value is -3.35. The maximum atomic E-state index is 11.8. The maximum Gasteiger partial charge on any atom is 0.307 e. The molecular weight excluding hydrogens is 324 g/mol. The van der Waals surface area contributed by atoms with E-state index in [0.29, 0.717) is 10.8 Å². The van der Waals surface area contributed by atoms with Crippen molar-refractivity contribution in [3.8, 4) is 5.88 Å². The van der Waals surface area contributed by atoms with Crippen molar-refractivity contribution in [1.82, 2.24) is 4.57 Å². The third kappa shape index (κ3) is 3.16. The summed E-state index contributed by atoms with van der Waals surface area (Å²) in [4.78, 5) is 22.3. The molecule has 0 aliphatic rings. The van der Waals surface area contributed by atoms with Crippen molar-refractivity contribution < 1.29 is 19.6 Å². The molecule has 0 aliphatic heterocycles. The SMILES string of the molecule is COC(=O)CC(c1ccccc1)n1cc2ccc([N+](=O)[O-])cc2c1O. The summed E-state index contributed by atoms with van der Waals surface area (Å²) in [5.74, 6) is -0.548. The Balaban J connectivity index is 2.13. The first-order valence-corrected chi connectivity index (χ1v) is 7.61. The Kier molecular flexibility index (Phi) is 4.38. The van der Waals surface area contributed by atoms with Crippen LogP contribution < -0.4 is 0 Å². The molecule has 3 rings (SSSR count). The number of nitro groups is 1. The smallest absolute Gasteiger partial charge is 0.307 e. The standard InChI is InChI=1S/C18H16N2O5/c1-25-17(21)10-16(12-5-3-2-4-6-12)19-11-13-7-8-14(20(23)24)9-15(13)18(19)22/h2-9,11,16,22H,10H2,1H3.